The molecule has 3 radical (unpaired) electrons. The van der Waals surface area contributed by atoms with E-state index in [2.05, 4.69) is 11.3 Å². The molecule has 0 atom stereocenters. The van der Waals surface area contributed by atoms with Crippen LogP contribution >= 0.6 is 0 Å². The predicted molar refractivity (Wildman–Crippen MR) is 32.9 cm³/mol. The molecule has 4 heteroatoms. The van der Waals surface area contributed by atoms with Crippen LogP contribution in [0.3, 0.4) is 0 Å². The molecular weight excluding hydrogens is 227 g/mol. The third-order valence-electron chi connectivity index (χ3n) is 0.596. The van der Waals surface area contributed by atoms with Gasteiger partial charge in [-0.25, -0.2) is 0 Å². The van der Waals surface area contributed by atoms with Crippen molar-refractivity contribution < 1.29 is 12.6 Å². The monoisotopic (exact) mass is 235 g/mol. The van der Waals surface area contributed by atoms with Crippen LogP contribution in [-0.4, -0.2) is 42.1 Å². The molecule has 0 heterocycles. The maximum atomic E-state index is 10.3. The molecule has 49 valence electrons. The number of carbonyl (C=O) groups excluding carboxylic acids is 1. The molecule has 0 rings (SSSR count). The third kappa shape index (κ3) is 5.85. The second-order valence-corrected chi connectivity index (χ2v) is 2.04. The number of hydrogen-bond donors (Lipinski definition) is 0. The minimum atomic E-state index is -0.400. The van der Waals surface area contributed by atoms with Gasteiger partial charge in [-0.15, -0.1) is 0 Å². The Morgan fingerprint density at radius 1 is 1.67 bits per heavy atom. The van der Waals surface area contributed by atoms with Crippen molar-refractivity contribution in [2.75, 3.05) is 13.2 Å². The molecule has 0 N–H and O–H groups in total. The van der Waals surface area contributed by atoms with Gasteiger partial charge in [0, 0.05) is 0 Å². The van der Waals surface area contributed by atoms with E-state index in [1.807, 2.05) is 0 Å². The van der Waals surface area contributed by atoms with Crippen LogP contribution in [-0.2, 0) is 12.6 Å². The van der Waals surface area contributed by atoms with E-state index in [0.29, 0.717) is 13.2 Å². The molecule has 0 unspecified atom stereocenters. The van der Waals surface area contributed by atoms with Gasteiger partial charge in [0.2, 0.25) is 0 Å². The zero-order valence-electron chi connectivity index (χ0n) is 4.92. The van der Waals surface area contributed by atoms with Gasteiger partial charge in [0.25, 0.3) is 0 Å². The van der Waals surface area contributed by atoms with Gasteiger partial charge in [0.1, 0.15) is 0 Å². The summed E-state index contributed by atoms with van der Waals surface area (Å²) in [6.07, 6.45) is 1.13. The molecule has 0 aliphatic heterocycles. The van der Waals surface area contributed by atoms with Crippen molar-refractivity contribution >= 4 is 28.9 Å². The Labute approximate surface area is 67.7 Å². The van der Waals surface area contributed by atoms with Gasteiger partial charge in [-0.2, -0.15) is 0 Å². The average Bonchev–Trinajstić information content (AvgIpc) is 1.89. The normalized spacial score (nSPS) is 8.56. The fourth-order valence-corrected chi connectivity index (χ4v) is 0.481. The number of ether oxygens (including phenoxy) is 1. The van der Waals surface area contributed by atoms with Crippen LogP contribution < -0.4 is 0 Å². The van der Waals surface area contributed by atoms with Gasteiger partial charge >= 0.3 is 67.4 Å². The zero-order valence-corrected chi connectivity index (χ0v) is 7.78. The quantitative estimate of drug-likeness (QED) is 0.293. The Morgan fingerprint density at radius 3 is 2.78 bits per heavy atom. The van der Waals surface area contributed by atoms with Crippen molar-refractivity contribution in [1.82, 2.24) is 0 Å². The maximum absolute atomic E-state index is 10.3. The zero-order chi connectivity index (χ0) is 7.11. The van der Waals surface area contributed by atoms with Gasteiger partial charge in [0.05, 0.1) is 0 Å². The molecule has 9 heavy (non-hydrogen) atoms. The van der Waals surface area contributed by atoms with Crippen molar-refractivity contribution in [1.29, 1.82) is 0 Å². The molecule has 0 amide bonds. The van der Waals surface area contributed by atoms with Crippen LogP contribution in [0, 0.1) is 0 Å². The second-order valence-electron chi connectivity index (χ2n) is 1.22. The van der Waals surface area contributed by atoms with E-state index in [9.17, 15) is 4.79 Å². The van der Waals surface area contributed by atoms with Gasteiger partial charge in [-0.1, -0.05) is 0 Å². The average molecular weight is 234 g/mol. The topological polar surface area (TPSA) is 35.5 Å². The molecule has 0 aliphatic carbocycles. The standard InChI is InChI=1S/C5H7O3.Sn/c1-2-5(7)8-4-3-6;/h2H,1,3-4H2;/q-1;+1. The van der Waals surface area contributed by atoms with Crippen LogP contribution in [0.15, 0.2) is 12.7 Å². The van der Waals surface area contributed by atoms with Crippen LogP contribution in [0.25, 0.3) is 0 Å². The van der Waals surface area contributed by atoms with Gasteiger partial charge in [-0.3, -0.25) is 0 Å². The molecule has 0 fully saturated rings. The van der Waals surface area contributed by atoms with Crippen molar-refractivity contribution in [2.45, 2.75) is 0 Å². The summed E-state index contributed by atoms with van der Waals surface area (Å²) in [4.78, 5) is 10.3. The summed E-state index contributed by atoms with van der Waals surface area (Å²) >= 11 is 0.986. The molecule has 0 spiro atoms. The van der Waals surface area contributed by atoms with Crippen molar-refractivity contribution in [3.8, 4) is 0 Å². The Hall–Kier alpha value is -0.0313. The van der Waals surface area contributed by atoms with Crippen molar-refractivity contribution in [2.24, 2.45) is 0 Å². The second kappa shape index (κ2) is 6.09. The first-order chi connectivity index (χ1) is 4.31. The summed E-state index contributed by atoms with van der Waals surface area (Å²) in [7, 11) is 0. The predicted octanol–water partition coefficient (Wildman–Crippen LogP) is -0.184. The first-order valence-electron chi connectivity index (χ1n) is 2.39. The van der Waals surface area contributed by atoms with Gasteiger partial charge < -0.3 is 0 Å². The van der Waals surface area contributed by atoms with E-state index < -0.39 is 5.97 Å². The van der Waals surface area contributed by atoms with E-state index in [0.717, 1.165) is 29.0 Å². The SMILES string of the molecule is C=CC(=O)OCC[O][Sn]. The molecule has 0 aliphatic rings. The Morgan fingerprint density at radius 2 is 2.33 bits per heavy atom. The Kier molecular flexibility index (Phi) is 6.07. The summed E-state index contributed by atoms with van der Waals surface area (Å²) < 4.78 is 9.28. The fraction of sp³-hybridized carbons (Fsp3) is 0.400. The molecule has 0 saturated heterocycles. The summed E-state index contributed by atoms with van der Waals surface area (Å²) in [5.41, 5.74) is 0. The van der Waals surface area contributed by atoms with Crippen LogP contribution in [0.2, 0.25) is 0 Å². The summed E-state index contributed by atoms with van der Waals surface area (Å²) in [5.74, 6) is -0.400. The number of rotatable bonds is 4. The number of carbonyl (C=O) groups is 1. The molecule has 0 bridgehead atoms. The third-order valence-corrected chi connectivity index (χ3v) is 1.18. The van der Waals surface area contributed by atoms with Crippen LogP contribution in [0.4, 0.5) is 0 Å². The molecule has 0 saturated carbocycles. The Bertz CT molecular complexity index is 102. The van der Waals surface area contributed by atoms with E-state index in [1.165, 1.54) is 0 Å². The van der Waals surface area contributed by atoms with Crippen molar-refractivity contribution in [3.63, 3.8) is 0 Å². The number of hydrogen-bond acceptors (Lipinski definition) is 3. The van der Waals surface area contributed by atoms with E-state index in [4.69, 9.17) is 3.07 Å². The molecule has 3 nitrogen and oxygen atoms in total. The molecular formula is C5H7O3Sn. The molecule has 0 aromatic heterocycles. The van der Waals surface area contributed by atoms with E-state index in [-0.39, 0.29) is 0 Å². The Balaban J connectivity index is 3.07. The van der Waals surface area contributed by atoms with Crippen molar-refractivity contribution in [3.05, 3.63) is 12.7 Å². The summed E-state index contributed by atoms with van der Waals surface area (Å²) in [5, 5.41) is 0. The van der Waals surface area contributed by atoms with E-state index >= 15 is 0 Å². The van der Waals surface area contributed by atoms with Gasteiger partial charge in [0.15, 0.2) is 0 Å². The summed E-state index contributed by atoms with van der Waals surface area (Å²) in [6.45, 7) is 4.02. The fourth-order valence-electron chi connectivity index (χ4n) is 0.243. The molecule has 0 aromatic carbocycles. The van der Waals surface area contributed by atoms with Crippen LogP contribution in [0.5, 0.6) is 0 Å². The first kappa shape index (κ1) is 8.97. The van der Waals surface area contributed by atoms with Crippen LogP contribution in [0.1, 0.15) is 0 Å². The minimum absolute atomic E-state index is 0.316. The first-order valence-corrected chi connectivity index (χ1v) is 3.55. The molecule has 0 aromatic rings. The van der Waals surface area contributed by atoms with Gasteiger partial charge in [-0.05, 0) is 0 Å². The number of esters is 1. The summed E-state index contributed by atoms with van der Waals surface area (Å²) in [6, 6.07) is 0. The van der Waals surface area contributed by atoms with E-state index in [1.54, 1.807) is 0 Å².